The van der Waals surface area contributed by atoms with Gasteiger partial charge in [0.15, 0.2) is 5.78 Å². The average Bonchev–Trinajstić information content (AvgIpc) is 2.16. The third-order valence-corrected chi connectivity index (χ3v) is 2.08. The molecule has 0 radical (unpaired) electrons. The van der Waals surface area contributed by atoms with Gasteiger partial charge in [0.2, 0.25) is 5.91 Å². The normalized spacial score (nSPS) is 11.9. The van der Waals surface area contributed by atoms with E-state index < -0.39 is 0 Å². The molecule has 0 aliphatic carbocycles. The molecule has 0 aliphatic rings. The number of rotatable bonds is 4. The summed E-state index contributed by atoms with van der Waals surface area (Å²) in [5, 5.41) is 2.71. The lowest BCUT2D eigenvalue weighted by Crippen LogP contribution is -2.23. The van der Waals surface area contributed by atoms with E-state index in [0.29, 0.717) is 11.3 Å². The minimum atomic E-state index is -0.156. The summed E-state index contributed by atoms with van der Waals surface area (Å²) < 4.78 is 0. The molecule has 1 rings (SSSR count). The average molecular weight is 220 g/mol. The highest BCUT2D eigenvalue weighted by Crippen LogP contribution is 2.10. The Balaban J connectivity index is 2.62. The standard InChI is InChI=1S/C12H16N2O2/c1-8(13)7-12(16)14-11-5-3-10(4-6-11)9(2)15/h3-6,8H,7,13H2,1-2H3,(H,14,16). The summed E-state index contributed by atoms with van der Waals surface area (Å²) >= 11 is 0. The topological polar surface area (TPSA) is 72.2 Å². The molecule has 1 unspecified atom stereocenters. The monoisotopic (exact) mass is 220 g/mol. The quantitative estimate of drug-likeness (QED) is 0.756. The molecule has 4 nitrogen and oxygen atoms in total. The Bertz CT molecular complexity index is 383. The van der Waals surface area contributed by atoms with E-state index in [4.69, 9.17) is 5.73 Å². The number of hydrogen-bond donors (Lipinski definition) is 2. The van der Waals surface area contributed by atoms with Crippen molar-refractivity contribution >= 4 is 17.4 Å². The highest BCUT2D eigenvalue weighted by atomic mass is 16.1. The zero-order chi connectivity index (χ0) is 12.1. The van der Waals surface area contributed by atoms with Crippen molar-refractivity contribution < 1.29 is 9.59 Å². The SMILES string of the molecule is CC(=O)c1ccc(NC(=O)CC(C)N)cc1. The van der Waals surface area contributed by atoms with Gasteiger partial charge in [-0.2, -0.15) is 0 Å². The third-order valence-electron chi connectivity index (χ3n) is 2.08. The van der Waals surface area contributed by atoms with E-state index in [9.17, 15) is 9.59 Å². The van der Waals surface area contributed by atoms with E-state index in [1.807, 2.05) is 0 Å². The lowest BCUT2D eigenvalue weighted by atomic mass is 10.1. The number of benzene rings is 1. The van der Waals surface area contributed by atoms with Crippen LogP contribution < -0.4 is 11.1 Å². The summed E-state index contributed by atoms with van der Waals surface area (Å²) in [5.74, 6) is -0.112. The van der Waals surface area contributed by atoms with Gasteiger partial charge in [-0.25, -0.2) is 0 Å². The first-order valence-electron chi connectivity index (χ1n) is 5.15. The summed E-state index contributed by atoms with van der Waals surface area (Å²) in [5.41, 5.74) is 6.81. The van der Waals surface area contributed by atoms with Crippen molar-refractivity contribution in [1.29, 1.82) is 0 Å². The number of nitrogens with two attached hydrogens (primary N) is 1. The fraction of sp³-hybridized carbons (Fsp3) is 0.333. The summed E-state index contributed by atoms with van der Waals surface area (Å²) in [6.45, 7) is 3.28. The maximum atomic E-state index is 11.4. The Hall–Kier alpha value is -1.68. The first-order chi connectivity index (χ1) is 7.49. The van der Waals surface area contributed by atoms with Crippen molar-refractivity contribution in [2.75, 3.05) is 5.32 Å². The maximum absolute atomic E-state index is 11.4. The van der Waals surface area contributed by atoms with Crippen LogP contribution in [0.15, 0.2) is 24.3 Å². The molecule has 0 bridgehead atoms. The van der Waals surface area contributed by atoms with Crippen LogP contribution in [0, 0.1) is 0 Å². The van der Waals surface area contributed by atoms with Crippen LogP contribution >= 0.6 is 0 Å². The second-order valence-corrected chi connectivity index (χ2v) is 3.86. The van der Waals surface area contributed by atoms with Crippen molar-refractivity contribution in [2.24, 2.45) is 5.73 Å². The van der Waals surface area contributed by atoms with Crippen molar-refractivity contribution in [3.05, 3.63) is 29.8 Å². The molecule has 0 fully saturated rings. The number of Topliss-reactive ketones (excluding diaryl/α,β-unsaturated/α-hetero) is 1. The van der Waals surface area contributed by atoms with Crippen LogP contribution in [0.4, 0.5) is 5.69 Å². The molecule has 1 amide bonds. The number of nitrogens with one attached hydrogen (secondary N) is 1. The largest absolute Gasteiger partial charge is 0.327 e. The van der Waals surface area contributed by atoms with E-state index in [2.05, 4.69) is 5.32 Å². The highest BCUT2D eigenvalue weighted by Gasteiger charge is 2.05. The second-order valence-electron chi connectivity index (χ2n) is 3.86. The van der Waals surface area contributed by atoms with Crippen LogP contribution in [0.3, 0.4) is 0 Å². The van der Waals surface area contributed by atoms with E-state index >= 15 is 0 Å². The van der Waals surface area contributed by atoms with Crippen LogP contribution in [0.1, 0.15) is 30.6 Å². The van der Waals surface area contributed by atoms with Gasteiger partial charge in [-0.3, -0.25) is 9.59 Å². The van der Waals surface area contributed by atoms with Gasteiger partial charge >= 0.3 is 0 Å². The number of amides is 1. The van der Waals surface area contributed by atoms with Gasteiger partial charge in [-0.1, -0.05) is 0 Å². The molecule has 0 spiro atoms. The van der Waals surface area contributed by atoms with Crippen molar-refractivity contribution in [3.63, 3.8) is 0 Å². The van der Waals surface area contributed by atoms with Crippen molar-refractivity contribution in [1.82, 2.24) is 0 Å². The van der Waals surface area contributed by atoms with Gasteiger partial charge in [0.25, 0.3) is 0 Å². The van der Waals surface area contributed by atoms with Crippen LogP contribution in [-0.4, -0.2) is 17.7 Å². The van der Waals surface area contributed by atoms with Gasteiger partial charge in [0, 0.05) is 23.7 Å². The first-order valence-corrected chi connectivity index (χ1v) is 5.15. The van der Waals surface area contributed by atoms with Crippen LogP contribution in [-0.2, 0) is 4.79 Å². The molecule has 86 valence electrons. The van der Waals surface area contributed by atoms with Gasteiger partial charge in [0.1, 0.15) is 0 Å². The summed E-state index contributed by atoms with van der Waals surface area (Å²) in [6.07, 6.45) is 0.286. The molecular weight excluding hydrogens is 204 g/mol. The van der Waals surface area contributed by atoms with Gasteiger partial charge in [-0.15, -0.1) is 0 Å². The Morgan fingerprint density at radius 2 is 1.88 bits per heavy atom. The molecule has 1 aromatic rings. The minimum Gasteiger partial charge on any atom is -0.327 e. The van der Waals surface area contributed by atoms with Crippen LogP contribution in [0.2, 0.25) is 0 Å². The molecular formula is C12H16N2O2. The summed E-state index contributed by atoms with van der Waals surface area (Å²) in [6, 6.07) is 6.62. The molecule has 4 heteroatoms. The Labute approximate surface area is 94.8 Å². The first kappa shape index (κ1) is 12.4. The molecule has 3 N–H and O–H groups in total. The number of carbonyl (C=O) groups is 2. The molecule has 16 heavy (non-hydrogen) atoms. The molecule has 0 aromatic heterocycles. The lowest BCUT2D eigenvalue weighted by Gasteiger charge is -2.07. The fourth-order valence-corrected chi connectivity index (χ4v) is 1.29. The van der Waals surface area contributed by atoms with E-state index in [1.165, 1.54) is 6.92 Å². The molecule has 0 heterocycles. The predicted octanol–water partition coefficient (Wildman–Crippen LogP) is 1.56. The lowest BCUT2D eigenvalue weighted by molar-refractivity contribution is -0.116. The van der Waals surface area contributed by atoms with E-state index in [1.54, 1.807) is 31.2 Å². The van der Waals surface area contributed by atoms with E-state index in [-0.39, 0.29) is 24.2 Å². The predicted molar refractivity (Wildman–Crippen MR) is 63.3 cm³/mol. The zero-order valence-corrected chi connectivity index (χ0v) is 9.49. The Kier molecular flexibility index (Phi) is 4.19. The Morgan fingerprint density at radius 1 is 1.31 bits per heavy atom. The van der Waals surface area contributed by atoms with Gasteiger partial charge in [-0.05, 0) is 38.1 Å². The Morgan fingerprint density at radius 3 is 2.31 bits per heavy atom. The number of ketones is 1. The van der Waals surface area contributed by atoms with Crippen LogP contribution in [0.5, 0.6) is 0 Å². The number of hydrogen-bond acceptors (Lipinski definition) is 3. The van der Waals surface area contributed by atoms with Gasteiger partial charge < -0.3 is 11.1 Å². The molecule has 0 saturated heterocycles. The fourth-order valence-electron chi connectivity index (χ4n) is 1.29. The molecule has 1 aromatic carbocycles. The van der Waals surface area contributed by atoms with Crippen molar-refractivity contribution in [3.8, 4) is 0 Å². The second kappa shape index (κ2) is 5.42. The number of anilines is 1. The molecule has 0 saturated carbocycles. The van der Waals surface area contributed by atoms with Gasteiger partial charge in [0.05, 0.1) is 0 Å². The zero-order valence-electron chi connectivity index (χ0n) is 9.49. The number of carbonyl (C=O) groups excluding carboxylic acids is 2. The van der Waals surface area contributed by atoms with E-state index in [0.717, 1.165) is 0 Å². The minimum absolute atomic E-state index is 0.00783. The van der Waals surface area contributed by atoms with Crippen molar-refractivity contribution in [2.45, 2.75) is 26.3 Å². The smallest absolute Gasteiger partial charge is 0.225 e. The summed E-state index contributed by atoms with van der Waals surface area (Å²) in [7, 11) is 0. The highest BCUT2D eigenvalue weighted by molar-refractivity contribution is 5.95. The third kappa shape index (κ3) is 3.82. The molecule has 1 atom stereocenters. The molecule has 0 aliphatic heterocycles. The van der Waals surface area contributed by atoms with Crippen LogP contribution in [0.25, 0.3) is 0 Å². The maximum Gasteiger partial charge on any atom is 0.225 e. The summed E-state index contributed by atoms with van der Waals surface area (Å²) in [4.78, 5) is 22.4.